The van der Waals surface area contributed by atoms with E-state index in [0.29, 0.717) is 11.1 Å². The Balaban J connectivity index is 2.63. The summed E-state index contributed by atoms with van der Waals surface area (Å²) in [5, 5.41) is -0.220. The Morgan fingerprint density at radius 2 is 1.62 bits per heavy atom. The largest absolute Gasteiger partial charge is 0.283 e. The van der Waals surface area contributed by atoms with Gasteiger partial charge < -0.3 is 0 Å². The third kappa shape index (κ3) is 4.28. The van der Waals surface area contributed by atoms with Crippen LogP contribution in [0.5, 0.6) is 0 Å². The molecule has 2 aromatic rings. The monoisotopic (exact) mass is 420 g/mol. The van der Waals surface area contributed by atoms with E-state index in [1.807, 2.05) is 0 Å². The summed E-state index contributed by atoms with van der Waals surface area (Å²) in [5.41, 5.74) is 1.05. The maximum absolute atomic E-state index is 14.1. The first kappa shape index (κ1) is 20.5. The molecule has 0 aliphatic rings. The third-order valence-electron chi connectivity index (χ3n) is 3.65. The zero-order chi connectivity index (χ0) is 19.9. The van der Waals surface area contributed by atoms with Gasteiger partial charge in [-0.1, -0.05) is 23.7 Å². The lowest BCUT2D eigenvalue weighted by atomic mass is 10.1. The summed E-state index contributed by atoms with van der Waals surface area (Å²) in [6.07, 6.45) is 0.972. The van der Waals surface area contributed by atoms with Gasteiger partial charge in [0.25, 0.3) is 10.0 Å². The van der Waals surface area contributed by atoms with Crippen molar-refractivity contribution in [3.8, 4) is 0 Å². The van der Waals surface area contributed by atoms with Gasteiger partial charge in [0.15, 0.2) is 5.82 Å². The maximum Gasteiger partial charge on any atom is 0.262 e. The quantitative estimate of drug-likeness (QED) is 0.773. The molecule has 142 valence electrons. The van der Waals surface area contributed by atoms with Crippen LogP contribution in [0, 0.1) is 26.6 Å². The summed E-state index contributed by atoms with van der Waals surface area (Å²) in [4.78, 5) is -0.131. The van der Waals surface area contributed by atoms with Gasteiger partial charge in [-0.15, -0.1) is 0 Å². The number of hydrogen-bond donors (Lipinski definition) is 2. The van der Waals surface area contributed by atoms with Crippen molar-refractivity contribution in [2.24, 2.45) is 0 Å². The second-order valence-electron chi connectivity index (χ2n) is 5.92. The minimum atomic E-state index is -4.19. The SMILES string of the molecule is Cc1cc(C)c(S(=O)(=O)Nc2cccc(Cl)c2F)c(C)c1NS(C)(=O)=O. The van der Waals surface area contributed by atoms with Gasteiger partial charge >= 0.3 is 0 Å². The fourth-order valence-corrected chi connectivity index (χ4v) is 5.10. The molecule has 0 fully saturated rings. The Bertz CT molecular complexity index is 1080. The molecule has 2 rings (SSSR count). The van der Waals surface area contributed by atoms with Crippen molar-refractivity contribution >= 4 is 43.0 Å². The van der Waals surface area contributed by atoms with Gasteiger partial charge in [0.2, 0.25) is 10.0 Å². The maximum atomic E-state index is 14.1. The van der Waals surface area contributed by atoms with Crippen molar-refractivity contribution in [3.63, 3.8) is 0 Å². The molecule has 0 spiro atoms. The van der Waals surface area contributed by atoms with Crippen molar-refractivity contribution in [2.45, 2.75) is 25.7 Å². The Hall–Kier alpha value is -1.84. The number of anilines is 2. The smallest absolute Gasteiger partial charge is 0.262 e. The van der Waals surface area contributed by atoms with Gasteiger partial charge in [-0.2, -0.15) is 0 Å². The normalized spacial score (nSPS) is 12.1. The first-order valence-electron chi connectivity index (χ1n) is 7.39. The summed E-state index contributed by atoms with van der Waals surface area (Å²) >= 11 is 5.68. The van der Waals surface area contributed by atoms with Crippen LogP contribution in [-0.2, 0) is 20.0 Å². The number of rotatable bonds is 5. The second-order valence-corrected chi connectivity index (χ2v) is 9.70. The fraction of sp³-hybridized carbons (Fsp3) is 0.250. The van der Waals surface area contributed by atoms with Crippen LogP contribution in [-0.4, -0.2) is 23.1 Å². The van der Waals surface area contributed by atoms with Crippen LogP contribution >= 0.6 is 11.6 Å². The van der Waals surface area contributed by atoms with Gasteiger partial charge in [-0.05, 0) is 49.6 Å². The summed E-state index contributed by atoms with van der Waals surface area (Å²) < 4.78 is 67.4. The van der Waals surface area contributed by atoms with E-state index in [1.165, 1.54) is 25.1 Å². The zero-order valence-corrected chi connectivity index (χ0v) is 16.9. The molecule has 6 nitrogen and oxygen atoms in total. The predicted molar refractivity (Wildman–Crippen MR) is 101 cm³/mol. The lowest BCUT2D eigenvalue weighted by Gasteiger charge is -2.19. The fourth-order valence-electron chi connectivity index (χ4n) is 2.70. The molecule has 0 heterocycles. The average Bonchev–Trinajstić information content (AvgIpc) is 2.46. The van der Waals surface area contributed by atoms with Crippen molar-refractivity contribution < 1.29 is 21.2 Å². The molecule has 0 saturated carbocycles. The van der Waals surface area contributed by atoms with Crippen LogP contribution in [0.1, 0.15) is 16.7 Å². The Labute approximate surface area is 157 Å². The molecule has 0 saturated heterocycles. The number of halogens is 2. The summed E-state index contributed by atoms with van der Waals surface area (Å²) in [6, 6.07) is 5.50. The van der Waals surface area contributed by atoms with Gasteiger partial charge in [0, 0.05) is 0 Å². The van der Waals surface area contributed by atoms with Crippen LogP contribution in [0.2, 0.25) is 5.02 Å². The average molecular weight is 421 g/mol. The number of benzene rings is 2. The minimum absolute atomic E-state index is 0.131. The van der Waals surface area contributed by atoms with Crippen LogP contribution in [0.25, 0.3) is 0 Å². The minimum Gasteiger partial charge on any atom is -0.283 e. The van der Waals surface area contributed by atoms with Crippen LogP contribution in [0.3, 0.4) is 0 Å². The van der Waals surface area contributed by atoms with Crippen LogP contribution in [0.4, 0.5) is 15.8 Å². The molecule has 0 bridgehead atoms. The van der Waals surface area contributed by atoms with Gasteiger partial charge in [-0.25, -0.2) is 21.2 Å². The highest BCUT2D eigenvalue weighted by atomic mass is 35.5. The molecular weight excluding hydrogens is 403 g/mol. The Kier molecular flexibility index (Phi) is 5.55. The topological polar surface area (TPSA) is 92.3 Å². The van der Waals surface area contributed by atoms with E-state index < -0.39 is 25.9 Å². The third-order valence-corrected chi connectivity index (χ3v) is 6.17. The molecule has 10 heteroatoms. The second kappa shape index (κ2) is 7.05. The van der Waals surface area contributed by atoms with E-state index in [9.17, 15) is 21.2 Å². The molecule has 26 heavy (non-hydrogen) atoms. The number of aryl methyl sites for hydroxylation is 2. The van der Waals surface area contributed by atoms with E-state index >= 15 is 0 Å². The standard InChI is InChI=1S/C16H18ClFN2O4S2/c1-9-8-10(2)16(11(3)15(9)20-25(4,21)22)26(23,24)19-13-7-5-6-12(17)14(13)18/h5-8,19-20H,1-4H3. The summed E-state index contributed by atoms with van der Waals surface area (Å²) in [5.74, 6) is -0.894. The first-order valence-corrected chi connectivity index (χ1v) is 11.1. The van der Waals surface area contributed by atoms with Crippen LogP contribution in [0.15, 0.2) is 29.2 Å². The number of hydrogen-bond acceptors (Lipinski definition) is 4. The van der Waals surface area contributed by atoms with Crippen molar-refractivity contribution in [1.29, 1.82) is 0 Å². The highest BCUT2D eigenvalue weighted by Gasteiger charge is 2.25. The molecule has 2 N–H and O–H groups in total. The van der Waals surface area contributed by atoms with Crippen LogP contribution < -0.4 is 9.44 Å². The highest BCUT2D eigenvalue weighted by molar-refractivity contribution is 7.93. The van der Waals surface area contributed by atoms with E-state index in [-0.39, 0.29) is 26.9 Å². The van der Waals surface area contributed by atoms with Gasteiger partial charge in [0.05, 0.1) is 27.5 Å². The lowest BCUT2D eigenvalue weighted by Crippen LogP contribution is -2.19. The first-order chi connectivity index (χ1) is 11.8. The lowest BCUT2D eigenvalue weighted by molar-refractivity contribution is 0.597. The Morgan fingerprint density at radius 3 is 2.19 bits per heavy atom. The molecule has 2 aromatic carbocycles. The zero-order valence-electron chi connectivity index (χ0n) is 14.5. The van der Waals surface area contributed by atoms with E-state index in [0.717, 1.165) is 6.26 Å². The molecule has 0 radical (unpaired) electrons. The molecular formula is C16H18ClFN2O4S2. The van der Waals surface area contributed by atoms with Gasteiger partial charge in [-0.3, -0.25) is 9.44 Å². The summed E-state index contributed by atoms with van der Waals surface area (Å²) in [7, 11) is -7.80. The molecule has 0 amide bonds. The number of sulfonamides is 2. The van der Waals surface area contributed by atoms with E-state index in [4.69, 9.17) is 11.6 Å². The molecule has 0 unspecified atom stereocenters. The van der Waals surface area contributed by atoms with E-state index in [1.54, 1.807) is 19.9 Å². The van der Waals surface area contributed by atoms with Crippen molar-refractivity contribution in [2.75, 3.05) is 15.7 Å². The van der Waals surface area contributed by atoms with E-state index in [2.05, 4.69) is 9.44 Å². The Morgan fingerprint density at radius 1 is 1.00 bits per heavy atom. The molecule has 0 aliphatic carbocycles. The van der Waals surface area contributed by atoms with Crippen molar-refractivity contribution in [1.82, 2.24) is 0 Å². The van der Waals surface area contributed by atoms with Gasteiger partial charge in [0.1, 0.15) is 0 Å². The highest BCUT2D eigenvalue weighted by Crippen LogP contribution is 2.33. The molecule has 0 atom stereocenters. The number of nitrogens with one attached hydrogen (secondary N) is 2. The summed E-state index contributed by atoms with van der Waals surface area (Å²) in [6.45, 7) is 4.72. The van der Waals surface area contributed by atoms with Crippen molar-refractivity contribution in [3.05, 3.63) is 51.8 Å². The predicted octanol–water partition coefficient (Wildman–Crippen LogP) is 3.58. The molecule has 0 aromatic heterocycles. The molecule has 0 aliphatic heterocycles.